The van der Waals surface area contributed by atoms with E-state index in [4.69, 9.17) is 9.47 Å². The SMILES string of the molecule is COc1cccc2c1OC1(CC[NH+](C(C)C)CC1)N1NC(c3cc(C)ccc3C)=C[C@@H]21. The van der Waals surface area contributed by atoms with E-state index in [1.165, 1.54) is 22.4 Å². The fraction of sp³-hybridized carbons (Fsp3) is 0.462. The summed E-state index contributed by atoms with van der Waals surface area (Å²) < 4.78 is 12.6. The van der Waals surface area contributed by atoms with Gasteiger partial charge in [0.05, 0.1) is 50.8 Å². The highest BCUT2D eigenvalue weighted by Gasteiger charge is 2.53. The van der Waals surface area contributed by atoms with Gasteiger partial charge in [0.15, 0.2) is 17.2 Å². The molecule has 0 aromatic heterocycles. The summed E-state index contributed by atoms with van der Waals surface area (Å²) in [5.41, 5.74) is 9.56. The number of rotatable bonds is 3. The first-order valence-corrected chi connectivity index (χ1v) is 11.5. The Morgan fingerprint density at radius 1 is 1.16 bits per heavy atom. The maximum Gasteiger partial charge on any atom is 0.191 e. The number of fused-ring (bicyclic) bond motifs is 4. The molecule has 1 spiro atoms. The quantitative estimate of drug-likeness (QED) is 0.798. The Kier molecular flexibility index (Phi) is 4.98. The lowest BCUT2D eigenvalue weighted by Gasteiger charge is -2.51. The molecule has 31 heavy (non-hydrogen) atoms. The van der Waals surface area contributed by atoms with Crippen molar-refractivity contribution in [1.82, 2.24) is 10.4 Å². The van der Waals surface area contributed by atoms with Crippen molar-refractivity contribution >= 4 is 5.70 Å². The van der Waals surface area contributed by atoms with Crippen molar-refractivity contribution < 1.29 is 14.4 Å². The van der Waals surface area contributed by atoms with E-state index in [1.54, 1.807) is 12.0 Å². The number of methoxy groups -OCH3 is 1. The van der Waals surface area contributed by atoms with Crippen LogP contribution in [-0.2, 0) is 0 Å². The van der Waals surface area contributed by atoms with Gasteiger partial charge in [-0.2, -0.15) is 5.01 Å². The Hall–Kier alpha value is -2.50. The lowest BCUT2D eigenvalue weighted by Crippen LogP contribution is -3.16. The van der Waals surface area contributed by atoms with E-state index in [0.29, 0.717) is 6.04 Å². The summed E-state index contributed by atoms with van der Waals surface area (Å²) in [5, 5.41) is 2.38. The second kappa shape index (κ2) is 7.57. The molecule has 164 valence electrons. The number of hydrogen-bond donors (Lipinski definition) is 2. The third-order valence-electron chi connectivity index (χ3n) is 7.30. The zero-order valence-corrected chi connectivity index (χ0v) is 19.3. The number of nitrogens with one attached hydrogen (secondary N) is 2. The van der Waals surface area contributed by atoms with Crippen molar-refractivity contribution in [3.63, 3.8) is 0 Å². The first-order valence-electron chi connectivity index (χ1n) is 11.5. The van der Waals surface area contributed by atoms with Crippen LogP contribution in [0.3, 0.4) is 0 Å². The molecular weight excluding hydrogens is 386 g/mol. The monoisotopic (exact) mass is 420 g/mol. The van der Waals surface area contributed by atoms with Gasteiger partial charge in [-0.3, -0.25) is 0 Å². The molecule has 2 aromatic carbocycles. The predicted molar refractivity (Wildman–Crippen MR) is 123 cm³/mol. The summed E-state index contributed by atoms with van der Waals surface area (Å²) in [5.74, 6) is 1.73. The van der Waals surface area contributed by atoms with Crippen molar-refractivity contribution in [3.8, 4) is 11.5 Å². The number of likely N-dealkylation sites (tertiary alicyclic amines) is 1. The standard InChI is InChI=1S/C26H33N3O2/c1-17(2)28-13-11-26(12-14-28)29-23(20-7-6-8-24(30-5)25(20)31-26)16-22(27-29)21-15-18(3)9-10-19(21)4/h6-10,15-17,23,27H,11-14H2,1-5H3/p+1/t23-/m0/s1. The summed E-state index contributed by atoms with van der Waals surface area (Å²) in [6, 6.07) is 13.7. The highest BCUT2D eigenvalue weighted by atomic mass is 16.5. The van der Waals surface area contributed by atoms with Gasteiger partial charge in [-0.05, 0) is 51.5 Å². The third kappa shape index (κ3) is 3.31. The van der Waals surface area contributed by atoms with Crippen LogP contribution in [0.2, 0.25) is 0 Å². The number of para-hydroxylation sites is 1. The zero-order valence-electron chi connectivity index (χ0n) is 19.3. The van der Waals surface area contributed by atoms with Gasteiger partial charge in [-0.1, -0.05) is 29.8 Å². The van der Waals surface area contributed by atoms with Gasteiger partial charge in [-0.15, -0.1) is 0 Å². The second-order valence-electron chi connectivity index (χ2n) is 9.57. The Morgan fingerprint density at radius 2 is 1.94 bits per heavy atom. The van der Waals surface area contributed by atoms with Crippen LogP contribution < -0.4 is 19.8 Å². The predicted octanol–water partition coefficient (Wildman–Crippen LogP) is 3.39. The molecule has 1 fully saturated rings. The molecule has 0 radical (unpaired) electrons. The van der Waals surface area contributed by atoms with Gasteiger partial charge in [0.25, 0.3) is 0 Å². The topological polar surface area (TPSA) is 38.2 Å². The van der Waals surface area contributed by atoms with E-state index in [9.17, 15) is 0 Å². The van der Waals surface area contributed by atoms with Gasteiger partial charge in [-0.25, -0.2) is 0 Å². The Morgan fingerprint density at radius 3 is 2.65 bits per heavy atom. The van der Waals surface area contributed by atoms with Crippen molar-refractivity contribution in [2.75, 3.05) is 20.2 Å². The number of nitrogens with zero attached hydrogens (tertiary/aromatic N) is 1. The Labute approximate surface area is 185 Å². The minimum absolute atomic E-state index is 0.120. The van der Waals surface area contributed by atoms with Crippen molar-refractivity contribution in [2.24, 2.45) is 0 Å². The fourth-order valence-corrected chi connectivity index (χ4v) is 5.39. The van der Waals surface area contributed by atoms with E-state index in [0.717, 1.165) is 43.0 Å². The number of piperidine rings is 1. The molecule has 1 saturated heterocycles. The largest absolute Gasteiger partial charge is 0.493 e. The van der Waals surface area contributed by atoms with Gasteiger partial charge in [0.2, 0.25) is 0 Å². The summed E-state index contributed by atoms with van der Waals surface area (Å²) in [6.07, 6.45) is 4.33. The zero-order chi connectivity index (χ0) is 21.8. The highest BCUT2D eigenvalue weighted by Crippen LogP contribution is 2.50. The molecule has 0 saturated carbocycles. The summed E-state index contributed by atoms with van der Waals surface area (Å²) >= 11 is 0. The smallest absolute Gasteiger partial charge is 0.191 e. The Bertz CT molecular complexity index is 1020. The number of hydrazine groups is 1. The van der Waals surface area contributed by atoms with Crippen molar-refractivity contribution in [1.29, 1.82) is 0 Å². The van der Waals surface area contributed by atoms with Crippen LogP contribution in [-0.4, -0.2) is 37.0 Å². The van der Waals surface area contributed by atoms with Crippen molar-refractivity contribution in [3.05, 3.63) is 64.7 Å². The second-order valence-corrected chi connectivity index (χ2v) is 9.57. The number of benzene rings is 2. The lowest BCUT2D eigenvalue weighted by atomic mass is 9.92. The van der Waals surface area contributed by atoms with Crippen LogP contribution >= 0.6 is 0 Å². The minimum Gasteiger partial charge on any atom is -0.493 e. The number of aryl methyl sites for hydroxylation is 2. The molecule has 5 heteroatoms. The van der Waals surface area contributed by atoms with Crippen LogP contribution in [0.15, 0.2) is 42.5 Å². The third-order valence-corrected chi connectivity index (χ3v) is 7.30. The normalized spacial score (nSPS) is 27.4. The van der Waals surface area contributed by atoms with E-state index in [-0.39, 0.29) is 11.8 Å². The molecule has 0 amide bonds. The van der Waals surface area contributed by atoms with E-state index in [1.807, 2.05) is 6.07 Å². The highest BCUT2D eigenvalue weighted by molar-refractivity contribution is 5.70. The molecule has 0 bridgehead atoms. The molecule has 3 aliphatic heterocycles. The summed E-state index contributed by atoms with van der Waals surface area (Å²) in [7, 11) is 1.73. The van der Waals surface area contributed by atoms with Gasteiger partial charge < -0.3 is 19.8 Å². The Balaban J connectivity index is 1.58. The van der Waals surface area contributed by atoms with Crippen LogP contribution in [0.1, 0.15) is 55.0 Å². The average molecular weight is 421 g/mol. The molecule has 5 rings (SSSR count). The van der Waals surface area contributed by atoms with Crippen LogP contribution in [0.5, 0.6) is 11.5 Å². The molecule has 2 aromatic rings. The maximum absolute atomic E-state index is 6.85. The molecule has 0 aliphatic carbocycles. The summed E-state index contributed by atoms with van der Waals surface area (Å²) in [4.78, 5) is 1.65. The van der Waals surface area contributed by atoms with Gasteiger partial charge >= 0.3 is 0 Å². The molecule has 5 nitrogen and oxygen atoms in total. The van der Waals surface area contributed by atoms with Crippen LogP contribution in [0.4, 0.5) is 0 Å². The van der Waals surface area contributed by atoms with Gasteiger partial charge in [0.1, 0.15) is 0 Å². The number of ether oxygens (including phenoxy) is 2. The number of hydrogen-bond acceptors (Lipinski definition) is 4. The molecule has 3 aliphatic rings. The molecule has 1 atom stereocenters. The van der Waals surface area contributed by atoms with Gasteiger partial charge in [0, 0.05) is 11.1 Å². The van der Waals surface area contributed by atoms with Crippen molar-refractivity contribution in [2.45, 2.75) is 58.3 Å². The first-order chi connectivity index (χ1) is 14.9. The van der Waals surface area contributed by atoms with E-state index < -0.39 is 0 Å². The van der Waals surface area contributed by atoms with E-state index in [2.05, 4.69) is 74.5 Å². The summed E-state index contributed by atoms with van der Waals surface area (Å²) in [6.45, 7) is 11.2. The molecule has 0 unspecified atom stereocenters. The van der Waals surface area contributed by atoms with Crippen LogP contribution in [0, 0.1) is 13.8 Å². The lowest BCUT2D eigenvalue weighted by molar-refractivity contribution is -0.929. The minimum atomic E-state index is -0.374. The van der Waals surface area contributed by atoms with Crippen LogP contribution in [0.25, 0.3) is 5.70 Å². The maximum atomic E-state index is 6.85. The molecular formula is C26H34N3O2+. The average Bonchev–Trinajstić information content (AvgIpc) is 3.22. The molecule has 2 N–H and O–H groups in total. The van der Waals surface area contributed by atoms with E-state index >= 15 is 0 Å². The molecule has 3 heterocycles. The fourth-order valence-electron chi connectivity index (χ4n) is 5.39. The number of quaternary nitrogens is 1. The first kappa shape index (κ1) is 20.4.